The predicted octanol–water partition coefficient (Wildman–Crippen LogP) is 2.59. The Morgan fingerprint density at radius 3 is 2.31 bits per heavy atom. The van der Waals surface area contributed by atoms with Gasteiger partial charge < -0.3 is 14.6 Å². The highest BCUT2D eigenvalue weighted by Crippen LogP contribution is 2.38. The van der Waals surface area contributed by atoms with E-state index in [4.69, 9.17) is 21.1 Å². The lowest BCUT2D eigenvalue weighted by Gasteiger charge is -2.16. The van der Waals surface area contributed by atoms with Gasteiger partial charge in [0.15, 0.2) is 0 Å². The molecule has 1 N–H and O–H groups in total. The normalized spacial score (nSPS) is 12.4. The SMILES string of the molecule is COc1c(Cl)cc(CC(C)O)c(OC)c1C. The zero-order valence-electron chi connectivity index (χ0n) is 10.0. The van der Waals surface area contributed by atoms with Crippen LogP contribution in [0.4, 0.5) is 0 Å². The van der Waals surface area contributed by atoms with Gasteiger partial charge in [0.1, 0.15) is 11.5 Å². The van der Waals surface area contributed by atoms with Crippen molar-refractivity contribution < 1.29 is 14.6 Å². The van der Waals surface area contributed by atoms with Crippen LogP contribution in [0, 0.1) is 6.92 Å². The highest BCUT2D eigenvalue weighted by atomic mass is 35.5. The van der Waals surface area contributed by atoms with E-state index in [1.807, 2.05) is 6.92 Å². The summed E-state index contributed by atoms with van der Waals surface area (Å²) in [5, 5.41) is 9.94. The van der Waals surface area contributed by atoms with Crippen molar-refractivity contribution in [3.63, 3.8) is 0 Å². The van der Waals surface area contributed by atoms with Gasteiger partial charge in [-0.1, -0.05) is 11.6 Å². The van der Waals surface area contributed by atoms with Crippen LogP contribution in [0.2, 0.25) is 5.02 Å². The van der Waals surface area contributed by atoms with E-state index in [2.05, 4.69) is 0 Å². The quantitative estimate of drug-likeness (QED) is 0.885. The summed E-state index contributed by atoms with van der Waals surface area (Å²) in [7, 11) is 3.17. The highest BCUT2D eigenvalue weighted by Gasteiger charge is 2.16. The van der Waals surface area contributed by atoms with Crippen LogP contribution >= 0.6 is 11.6 Å². The molecule has 0 aromatic heterocycles. The third-order valence-corrected chi connectivity index (χ3v) is 2.70. The van der Waals surface area contributed by atoms with Crippen LogP contribution < -0.4 is 9.47 Å². The molecular formula is C12H17ClO3. The van der Waals surface area contributed by atoms with Gasteiger partial charge in [0.25, 0.3) is 0 Å². The number of rotatable bonds is 4. The summed E-state index contributed by atoms with van der Waals surface area (Å²) in [5.41, 5.74) is 1.74. The number of hydrogen-bond donors (Lipinski definition) is 1. The largest absolute Gasteiger partial charge is 0.496 e. The second-order valence-electron chi connectivity index (χ2n) is 3.76. The number of methoxy groups -OCH3 is 2. The Kier molecular flexibility index (Phi) is 4.44. The lowest BCUT2D eigenvalue weighted by atomic mass is 10.0. The van der Waals surface area contributed by atoms with E-state index in [1.165, 1.54) is 0 Å². The van der Waals surface area contributed by atoms with Crippen LogP contribution in [0.3, 0.4) is 0 Å². The maximum atomic E-state index is 9.40. The molecule has 0 aliphatic rings. The summed E-state index contributed by atoms with van der Waals surface area (Å²) >= 11 is 6.09. The van der Waals surface area contributed by atoms with Gasteiger partial charge in [0.05, 0.1) is 25.3 Å². The van der Waals surface area contributed by atoms with E-state index in [1.54, 1.807) is 27.2 Å². The molecule has 0 bridgehead atoms. The van der Waals surface area contributed by atoms with Gasteiger partial charge in [-0.15, -0.1) is 0 Å². The molecule has 0 heterocycles. The number of aliphatic hydroxyl groups excluding tert-OH is 1. The molecule has 0 aliphatic heterocycles. The predicted molar refractivity (Wildman–Crippen MR) is 64.7 cm³/mol. The first-order chi connectivity index (χ1) is 7.51. The van der Waals surface area contributed by atoms with Gasteiger partial charge in [-0.2, -0.15) is 0 Å². The minimum Gasteiger partial charge on any atom is -0.496 e. The van der Waals surface area contributed by atoms with Crippen molar-refractivity contribution in [1.29, 1.82) is 0 Å². The molecule has 0 amide bonds. The fourth-order valence-corrected chi connectivity index (χ4v) is 2.16. The van der Waals surface area contributed by atoms with Crippen LogP contribution in [-0.2, 0) is 6.42 Å². The second-order valence-corrected chi connectivity index (χ2v) is 4.17. The molecule has 0 fully saturated rings. The molecule has 0 saturated heterocycles. The topological polar surface area (TPSA) is 38.7 Å². The van der Waals surface area contributed by atoms with E-state index >= 15 is 0 Å². The zero-order valence-corrected chi connectivity index (χ0v) is 10.8. The molecule has 3 nitrogen and oxygen atoms in total. The monoisotopic (exact) mass is 244 g/mol. The Morgan fingerprint density at radius 1 is 1.31 bits per heavy atom. The molecule has 0 spiro atoms. The lowest BCUT2D eigenvalue weighted by Crippen LogP contribution is -2.07. The Morgan fingerprint density at radius 2 is 1.88 bits per heavy atom. The Balaban J connectivity index is 3.29. The highest BCUT2D eigenvalue weighted by molar-refractivity contribution is 6.32. The Hall–Kier alpha value is -0.930. The van der Waals surface area contributed by atoms with Gasteiger partial charge in [-0.25, -0.2) is 0 Å². The average Bonchev–Trinajstić information content (AvgIpc) is 2.17. The average molecular weight is 245 g/mol. The molecule has 1 aromatic rings. The molecule has 4 heteroatoms. The molecule has 1 atom stereocenters. The smallest absolute Gasteiger partial charge is 0.144 e. The fraction of sp³-hybridized carbons (Fsp3) is 0.500. The molecule has 1 unspecified atom stereocenters. The van der Waals surface area contributed by atoms with Crippen molar-refractivity contribution in [3.05, 3.63) is 22.2 Å². The van der Waals surface area contributed by atoms with Gasteiger partial charge in [0.2, 0.25) is 0 Å². The summed E-state index contributed by atoms with van der Waals surface area (Å²) in [4.78, 5) is 0. The zero-order chi connectivity index (χ0) is 12.3. The second kappa shape index (κ2) is 5.41. The molecule has 1 rings (SSSR count). The maximum Gasteiger partial charge on any atom is 0.144 e. The van der Waals surface area contributed by atoms with E-state index in [0.717, 1.165) is 16.9 Å². The first-order valence-electron chi connectivity index (χ1n) is 5.09. The van der Waals surface area contributed by atoms with Crippen molar-refractivity contribution in [2.45, 2.75) is 26.4 Å². The molecule has 16 heavy (non-hydrogen) atoms. The van der Waals surface area contributed by atoms with Crippen molar-refractivity contribution in [2.75, 3.05) is 14.2 Å². The third kappa shape index (κ3) is 2.60. The van der Waals surface area contributed by atoms with Crippen LogP contribution in [0.15, 0.2) is 6.07 Å². The molecule has 0 aliphatic carbocycles. The number of ether oxygens (including phenoxy) is 2. The minimum atomic E-state index is -0.433. The molecule has 0 radical (unpaired) electrons. The van der Waals surface area contributed by atoms with Crippen molar-refractivity contribution in [1.82, 2.24) is 0 Å². The van der Waals surface area contributed by atoms with Crippen LogP contribution in [0.5, 0.6) is 11.5 Å². The first-order valence-corrected chi connectivity index (χ1v) is 5.47. The first kappa shape index (κ1) is 13.1. The van der Waals surface area contributed by atoms with Crippen molar-refractivity contribution >= 4 is 11.6 Å². The standard InChI is InChI=1S/C12H17ClO3/c1-7(14)5-9-6-10(13)12(16-4)8(2)11(9)15-3/h6-7,14H,5H2,1-4H3. The molecular weight excluding hydrogens is 228 g/mol. The number of aliphatic hydroxyl groups is 1. The van der Waals surface area contributed by atoms with Crippen LogP contribution in [0.25, 0.3) is 0 Å². The lowest BCUT2D eigenvalue weighted by molar-refractivity contribution is 0.194. The Bertz CT molecular complexity index is 375. The van der Waals surface area contributed by atoms with E-state index in [0.29, 0.717) is 17.2 Å². The van der Waals surface area contributed by atoms with Gasteiger partial charge in [-0.05, 0) is 25.5 Å². The Labute approximate surface area is 101 Å². The van der Waals surface area contributed by atoms with Crippen LogP contribution in [0.1, 0.15) is 18.1 Å². The summed E-state index contributed by atoms with van der Waals surface area (Å²) in [6.45, 7) is 3.61. The molecule has 90 valence electrons. The maximum absolute atomic E-state index is 9.40. The summed E-state index contributed by atoms with van der Waals surface area (Å²) in [5.74, 6) is 1.34. The number of halogens is 1. The summed E-state index contributed by atoms with van der Waals surface area (Å²) in [6, 6.07) is 1.78. The van der Waals surface area contributed by atoms with Crippen molar-refractivity contribution in [2.24, 2.45) is 0 Å². The number of benzene rings is 1. The van der Waals surface area contributed by atoms with Gasteiger partial charge in [-0.3, -0.25) is 0 Å². The molecule has 0 saturated carbocycles. The summed E-state index contributed by atoms with van der Waals surface area (Å²) < 4.78 is 10.5. The van der Waals surface area contributed by atoms with Crippen molar-refractivity contribution in [3.8, 4) is 11.5 Å². The van der Waals surface area contributed by atoms with E-state index < -0.39 is 6.10 Å². The van der Waals surface area contributed by atoms with E-state index in [-0.39, 0.29) is 0 Å². The van der Waals surface area contributed by atoms with Crippen LogP contribution in [-0.4, -0.2) is 25.4 Å². The molecule has 1 aromatic carbocycles. The van der Waals surface area contributed by atoms with Gasteiger partial charge >= 0.3 is 0 Å². The van der Waals surface area contributed by atoms with Gasteiger partial charge in [0, 0.05) is 12.0 Å². The fourth-order valence-electron chi connectivity index (χ4n) is 1.81. The minimum absolute atomic E-state index is 0.433. The number of hydrogen-bond acceptors (Lipinski definition) is 3. The van der Waals surface area contributed by atoms with E-state index in [9.17, 15) is 5.11 Å². The summed E-state index contributed by atoms with van der Waals surface area (Å²) in [6.07, 6.45) is 0.0750. The third-order valence-electron chi connectivity index (χ3n) is 2.41.